The Kier molecular flexibility index (Phi) is 3.84. The molecule has 0 radical (unpaired) electrons. The Bertz CT molecular complexity index is 366. The molecule has 2 aliphatic rings. The average molecular weight is 253 g/mol. The zero-order valence-corrected chi connectivity index (χ0v) is 10.4. The molecule has 0 aromatic carbocycles. The van der Waals surface area contributed by atoms with Crippen LogP contribution in [0, 0.1) is 5.92 Å². The lowest BCUT2D eigenvalue weighted by atomic mass is 9.85. The van der Waals surface area contributed by atoms with Crippen molar-refractivity contribution in [3.05, 3.63) is 0 Å². The molecular weight excluding hydrogens is 234 g/mol. The van der Waals surface area contributed by atoms with E-state index in [0.717, 1.165) is 25.7 Å². The molecule has 6 heteroatoms. The van der Waals surface area contributed by atoms with E-state index in [-0.39, 0.29) is 24.3 Å². The minimum absolute atomic E-state index is 0.0287. The number of likely N-dealkylation sites (tertiary alicyclic amines) is 1. The molecule has 1 aliphatic carbocycles. The van der Waals surface area contributed by atoms with E-state index in [2.05, 4.69) is 5.32 Å². The number of nitrogens with two attached hydrogens (primary N) is 1. The molecule has 1 atom stereocenters. The molecule has 2 fully saturated rings. The Balaban J connectivity index is 1.80. The summed E-state index contributed by atoms with van der Waals surface area (Å²) in [6.07, 6.45) is 4.32. The van der Waals surface area contributed by atoms with Crippen molar-refractivity contribution in [3.63, 3.8) is 0 Å². The predicted octanol–water partition coefficient (Wildman–Crippen LogP) is -0.621. The molecule has 0 bridgehead atoms. The molecule has 2 rings (SSSR count). The van der Waals surface area contributed by atoms with E-state index in [4.69, 9.17) is 5.73 Å². The summed E-state index contributed by atoms with van der Waals surface area (Å²) in [5.41, 5.74) is 5.24. The summed E-state index contributed by atoms with van der Waals surface area (Å²) < 4.78 is 0. The smallest absolute Gasteiger partial charge is 0.242 e. The Morgan fingerprint density at radius 2 is 1.89 bits per heavy atom. The zero-order valence-electron chi connectivity index (χ0n) is 10.4. The number of hydrogen-bond donors (Lipinski definition) is 2. The first-order valence-electron chi connectivity index (χ1n) is 6.46. The van der Waals surface area contributed by atoms with E-state index in [1.165, 1.54) is 4.90 Å². The van der Waals surface area contributed by atoms with Gasteiger partial charge in [-0.15, -0.1) is 0 Å². The molecule has 3 amide bonds. The minimum Gasteiger partial charge on any atom is -0.368 e. The van der Waals surface area contributed by atoms with Crippen LogP contribution in [0.1, 0.15) is 32.1 Å². The van der Waals surface area contributed by atoms with Gasteiger partial charge in [0.15, 0.2) is 0 Å². The van der Waals surface area contributed by atoms with Crippen LogP contribution in [0.5, 0.6) is 0 Å². The standard InChI is InChI=1S/C12H19N3O3/c13-11(17)9-5-2-6-15(9)10(16)7-14-12(18)8-3-1-4-8/h8-9H,1-7H2,(H2,13,17)(H,14,18)/t9-/m0/s1. The lowest BCUT2D eigenvalue weighted by Crippen LogP contribution is -2.48. The highest BCUT2D eigenvalue weighted by atomic mass is 16.2. The van der Waals surface area contributed by atoms with E-state index in [0.29, 0.717) is 13.0 Å². The zero-order chi connectivity index (χ0) is 13.1. The van der Waals surface area contributed by atoms with E-state index >= 15 is 0 Å². The van der Waals surface area contributed by atoms with Crippen LogP contribution in [0.3, 0.4) is 0 Å². The van der Waals surface area contributed by atoms with Crippen LogP contribution in [0.2, 0.25) is 0 Å². The molecule has 1 aliphatic heterocycles. The fraction of sp³-hybridized carbons (Fsp3) is 0.750. The van der Waals surface area contributed by atoms with Gasteiger partial charge in [-0.25, -0.2) is 0 Å². The largest absolute Gasteiger partial charge is 0.368 e. The third kappa shape index (κ3) is 2.63. The highest BCUT2D eigenvalue weighted by Crippen LogP contribution is 2.26. The number of amides is 3. The van der Waals surface area contributed by atoms with Gasteiger partial charge in [-0.3, -0.25) is 14.4 Å². The molecule has 0 spiro atoms. The molecule has 18 heavy (non-hydrogen) atoms. The fourth-order valence-corrected chi connectivity index (χ4v) is 2.44. The molecule has 0 aromatic heterocycles. The Labute approximate surface area is 106 Å². The number of hydrogen-bond acceptors (Lipinski definition) is 3. The molecule has 1 saturated carbocycles. The van der Waals surface area contributed by atoms with Crippen molar-refractivity contribution in [2.75, 3.05) is 13.1 Å². The van der Waals surface area contributed by atoms with E-state index in [1.54, 1.807) is 0 Å². The van der Waals surface area contributed by atoms with E-state index in [9.17, 15) is 14.4 Å². The summed E-state index contributed by atoms with van der Waals surface area (Å²) in [5, 5.41) is 2.64. The third-order valence-corrected chi connectivity index (χ3v) is 3.79. The van der Waals surface area contributed by atoms with Gasteiger partial charge >= 0.3 is 0 Å². The van der Waals surface area contributed by atoms with Crippen molar-refractivity contribution in [2.24, 2.45) is 11.7 Å². The average Bonchev–Trinajstić information content (AvgIpc) is 2.72. The molecule has 3 N–H and O–H groups in total. The van der Waals surface area contributed by atoms with Crippen LogP contribution >= 0.6 is 0 Å². The summed E-state index contributed by atoms with van der Waals surface area (Å²) in [6.45, 7) is 0.519. The number of nitrogens with zero attached hydrogens (tertiary/aromatic N) is 1. The highest BCUT2D eigenvalue weighted by Gasteiger charge is 2.33. The van der Waals surface area contributed by atoms with Gasteiger partial charge in [-0.1, -0.05) is 6.42 Å². The van der Waals surface area contributed by atoms with Crippen LogP contribution in [-0.4, -0.2) is 41.8 Å². The summed E-state index contributed by atoms with van der Waals surface area (Å²) in [7, 11) is 0. The van der Waals surface area contributed by atoms with Crippen molar-refractivity contribution in [1.29, 1.82) is 0 Å². The van der Waals surface area contributed by atoms with Gasteiger partial charge < -0.3 is 16.0 Å². The van der Waals surface area contributed by atoms with Crippen LogP contribution in [0.15, 0.2) is 0 Å². The van der Waals surface area contributed by atoms with Crippen LogP contribution in [-0.2, 0) is 14.4 Å². The van der Waals surface area contributed by atoms with Gasteiger partial charge in [0.05, 0.1) is 6.54 Å². The Hall–Kier alpha value is -1.59. The summed E-state index contributed by atoms with van der Waals surface area (Å²) in [5.74, 6) is -0.664. The molecule has 0 aromatic rings. The lowest BCUT2D eigenvalue weighted by Gasteiger charge is -2.26. The maximum Gasteiger partial charge on any atom is 0.242 e. The van der Waals surface area contributed by atoms with E-state index < -0.39 is 11.9 Å². The van der Waals surface area contributed by atoms with E-state index in [1.807, 2.05) is 0 Å². The topological polar surface area (TPSA) is 92.5 Å². The fourth-order valence-electron chi connectivity index (χ4n) is 2.44. The summed E-state index contributed by atoms with van der Waals surface area (Å²) in [6, 6.07) is -0.502. The number of carbonyl (C=O) groups is 3. The van der Waals surface area contributed by atoms with Crippen LogP contribution < -0.4 is 11.1 Å². The van der Waals surface area contributed by atoms with Gasteiger partial charge in [0.25, 0.3) is 0 Å². The second-order valence-corrected chi connectivity index (χ2v) is 4.99. The summed E-state index contributed by atoms with van der Waals surface area (Å²) >= 11 is 0. The Morgan fingerprint density at radius 1 is 1.17 bits per heavy atom. The van der Waals surface area contributed by atoms with Gasteiger partial charge in [0.2, 0.25) is 17.7 Å². The van der Waals surface area contributed by atoms with Crippen molar-refractivity contribution >= 4 is 17.7 Å². The first-order valence-corrected chi connectivity index (χ1v) is 6.46. The number of rotatable bonds is 4. The highest BCUT2D eigenvalue weighted by molar-refractivity contribution is 5.90. The Morgan fingerprint density at radius 3 is 2.44 bits per heavy atom. The maximum absolute atomic E-state index is 11.9. The molecule has 100 valence electrons. The van der Waals surface area contributed by atoms with Gasteiger partial charge in [-0.2, -0.15) is 0 Å². The van der Waals surface area contributed by atoms with Gasteiger partial charge in [0, 0.05) is 12.5 Å². The molecule has 0 unspecified atom stereocenters. The first-order chi connectivity index (χ1) is 8.59. The van der Waals surface area contributed by atoms with Crippen LogP contribution in [0.25, 0.3) is 0 Å². The van der Waals surface area contributed by atoms with Crippen molar-refractivity contribution < 1.29 is 14.4 Å². The second kappa shape index (κ2) is 5.37. The summed E-state index contributed by atoms with van der Waals surface area (Å²) in [4.78, 5) is 36.1. The first kappa shape index (κ1) is 12.9. The molecule has 1 heterocycles. The number of nitrogens with one attached hydrogen (secondary N) is 1. The van der Waals surface area contributed by atoms with Crippen LogP contribution in [0.4, 0.5) is 0 Å². The lowest BCUT2D eigenvalue weighted by molar-refractivity contribution is -0.138. The molecular formula is C12H19N3O3. The molecule has 6 nitrogen and oxygen atoms in total. The van der Waals surface area contributed by atoms with Gasteiger partial charge in [-0.05, 0) is 25.7 Å². The monoisotopic (exact) mass is 253 g/mol. The number of primary amides is 1. The van der Waals surface area contributed by atoms with Gasteiger partial charge in [0.1, 0.15) is 6.04 Å². The van der Waals surface area contributed by atoms with Crippen molar-refractivity contribution in [3.8, 4) is 0 Å². The number of carbonyl (C=O) groups excluding carboxylic acids is 3. The SMILES string of the molecule is NC(=O)[C@@H]1CCCN1C(=O)CNC(=O)C1CCC1. The normalized spacial score (nSPS) is 23.6. The third-order valence-electron chi connectivity index (χ3n) is 3.79. The molecule has 1 saturated heterocycles. The second-order valence-electron chi connectivity index (χ2n) is 4.99. The minimum atomic E-state index is -0.502. The van der Waals surface area contributed by atoms with Crippen molar-refractivity contribution in [1.82, 2.24) is 10.2 Å². The van der Waals surface area contributed by atoms with Crippen molar-refractivity contribution in [2.45, 2.75) is 38.1 Å². The quantitative estimate of drug-likeness (QED) is 0.699. The maximum atomic E-state index is 11.9. The predicted molar refractivity (Wildman–Crippen MR) is 64.3 cm³/mol.